The number of nitrogens with two attached hydrogens (primary N) is 1. The third kappa shape index (κ3) is 6.36. The zero-order chi connectivity index (χ0) is 15.8. The lowest BCUT2D eigenvalue weighted by atomic mass is 9.99. The molecule has 0 aliphatic rings. The highest BCUT2D eigenvalue weighted by Crippen LogP contribution is 2.21. The van der Waals surface area contributed by atoms with E-state index in [1.165, 1.54) is 0 Å². The number of halogens is 2. The molecule has 1 aromatic carbocycles. The number of nitrogens with zero attached hydrogens (tertiary/aromatic N) is 1. The van der Waals surface area contributed by atoms with Crippen molar-refractivity contribution < 1.29 is 9.90 Å². The van der Waals surface area contributed by atoms with Gasteiger partial charge in [-0.2, -0.15) is 0 Å². The minimum absolute atomic E-state index is 0.00379. The summed E-state index contributed by atoms with van der Waals surface area (Å²) in [6, 6.07) is 5.96. The van der Waals surface area contributed by atoms with E-state index in [1.807, 2.05) is 6.92 Å². The molecule has 1 atom stereocenters. The van der Waals surface area contributed by atoms with Gasteiger partial charge in [0, 0.05) is 35.5 Å². The molecule has 3 N–H and O–H groups in total. The number of aryl methyl sites for hydroxylation is 1. The van der Waals surface area contributed by atoms with Gasteiger partial charge in [0.1, 0.15) is 0 Å². The summed E-state index contributed by atoms with van der Waals surface area (Å²) in [7, 11) is 0. The third-order valence-electron chi connectivity index (χ3n) is 3.33. The van der Waals surface area contributed by atoms with Crippen molar-refractivity contribution in [3.05, 3.63) is 29.3 Å². The summed E-state index contributed by atoms with van der Waals surface area (Å²) in [5.74, 6) is -0.850. The molecule has 4 nitrogen and oxygen atoms in total. The van der Waals surface area contributed by atoms with Gasteiger partial charge in [-0.1, -0.05) is 37.9 Å². The average Bonchev–Trinajstić information content (AvgIpc) is 2.40. The Morgan fingerprint density at radius 1 is 1.33 bits per heavy atom. The van der Waals surface area contributed by atoms with Crippen LogP contribution in [0.5, 0.6) is 0 Å². The van der Waals surface area contributed by atoms with Crippen LogP contribution in [0.2, 0.25) is 0 Å². The van der Waals surface area contributed by atoms with Gasteiger partial charge in [-0.25, -0.2) is 0 Å². The lowest BCUT2D eigenvalue weighted by Gasteiger charge is -2.24. The zero-order valence-corrected chi connectivity index (χ0v) is 15.4. The van der Waals surface area contributed by atoms with Crippen molar-refractivity contribution in [1.29, 1.82) is 0 Å². The molecule has 21 heavy (non-hydrogen) atoms. The smallest absolute Gasteiger partial charge is 0.304 e. The van der Waals surface area contributed by atoms with Gasteiger partial charge in [-0.3, -0.25) is 4.79 Å². The topological polar surface area (TPSA) is 66.6 Å². The standard InChI is InChI=1S/C15H22Br2N2O2/c1-11-2-3-14(19(6-4-16)7-5-17)9-12(11)8-13(18)10-15(20)21/h2-3,9,13H,4-8,10,18H2,1H3,(H,20,21)/t13-/m0/s1. The number of anilines is 1. The molecule has 0 amide bonds. The number of hydrogen-bond donors (Lipinski definition) is 2. The lowest BCUT2D eigenvalue weighted by Crippen LogP contribution is -2.28. The van der Waals surface area contributed by atoms with E-state index in [4.69, 9.17) is 10.8 Å². The van der Waals surface area contributed by atoms with Crippen LogP contribution in [0.15, 0.2) is 18.2 Å². The quantitative estimate of drug-likeness (QED) is 0.601. The largest absolute Gasteiger partial charge is 0.481 e. The van der Waals surface area contributed by atoms with E-state index >= 15 is 0 Å². The number of benzene rings is 1. The van der Waals surface area contributed by atoms with Crippen molar-refractivity contribution in [3.8, 4) is 0 Å². The second-order valence-electron chi connectivity index (χ2n) is 5.04. The summed E-state index contributed by atoms with van der Waals surface area (Å²) >= 11 is 6.95. The maximum absolute atomic E-state index is 10.7. The van der Waals surface area contributed by atoms with E-state index in [0.717, 1.165) is 40.6 Å². The summed E-state index contributed by atoms with van der Waals surface area (Å²) in [5.41, 5.74) is 9.33. The van der Waals surface area contributed by atoms with E-state index in [0.29, 0.717) is 6.42 Å². The van der Waals surface area contributed by atoms with Crippen LogP contribution in [-0.2, 0) is 11.2 Å². The van der Waals surface area contributed by atoms with Crippen LogP contribution < -0.4 is 10.6 Å². The number of carbonyl (C=O) groups is 1. The number of carboxylic acids is 1. The second kappa shape index (κ2) is 9.43. The monoisotopic (exact) mass is 420 g/mol. The van der Waals surface area contributed by atoms with Gasteiger partial charge < -0.3 is 15.7 Å². The third-order valence-corrected chi connectivity index (χ3v) is 4.03. The van der Waals surface area contributed by atoms with E-state index in [-0.39, 0.29) is 12.5 Å². The Bertz CT molecular complexity index is 463. The first-order valence-corrected chi connectivity index (χ1v) is 9.16. The Hall–Kier alpha value is -0.590. The highest BCUT2D eigenvalue weighted by molar-refractivity contribution is 9.09. The first-order chi connectivity index (χ1) is 9.97. The Balaban J connectivity index is 2.89. The number of carboxylic acid groups (broad SMARTS) is 1. The van der Waals surface area contributed by atoms with E-state index in [1.54, 1.807) is 0 Å². The summed E-state index contributed by atoms with van der Waals surface area (Å²) in [6.45, 7) is 3.89. The molecule has 0 fully saturated rings. The van der Waals surface area contributed by atoms with Crippen LogP contribution in [-0.4, -0.2) is 40.9 Å². The fourth-order valence-corrected chi connectivity index (χ4v) is 3.08. The summed E-state index contributed by atoms with van der Waals surface area (Å²) in [6.07, 6.45) is 0.582. The first-order valence-electron chi connectivity index (χ1n) is 6.91. The van der Waals surface area contributed by atoms with Crippen molar-refractivity contribution in [2.75, 3.05) is 28.6 Å². The zero-order valence-electron chi connectivity index (χ0n) is 12.2. The number of aliphatic carboxylic acids is 1. The van der Waals surface area contributed by atoms with Crippen molar-refractivity contribution in [2.45, 2.75) is 25.8 Å². The van der Waals surface area contributed by atoms with Crippen molar-refractivity contribution in [2.24, 2.45) is 5.73 Å². The molecular weight excluding hydrogens is 400 g/mol. The lowest BCUT2D eigenvalue weighted by molar-refractivity contribution is -0.137. The van der Waals surface area contributed by atoms with Crippen molar-refractivity contribution >= 4 is 43.5 Å². The Kier molecular flexibility index (Phi) is 8.29. The molecule has 0 heterocycles. The van der Waals surface area contributed by atoms with Gasteiger partial charge >= 0.3 is 5.97 Å². The molecule has 1 rings (SSSR count). The number of hydrogen-bond acceptors (Lipinski definition) is 3. The molecule has 118 valence electrons. The van der Waals surface area contributed by atoms with Crippen molar-refractivity contribution in [3.63, 3.8) is 0 Å². The van der Waals surface area contributed by atoms with Crippen molar-refractivity contribution in [1.82, 2.24) is 0 Å². The average molecular weight is 422 g/mol. The molecule has 0 aromatic heterocycles. The predicted molar refractivity (Wildman–Crippen MR) is 94.9 cm³/mol. The maximum Gasteiger partial charge on any atom is 0.304 e. The summed E-state index contributed by atoms with van der Waals surface area (Å²) in [4.78, 5) is 13.0. The number of alkyl halides is 2. The van der Waals surface area contributed by atoms with Crippen LogP contribution >= 0.6 is 31.9 Å². The highest BCUT2D eigenvalue weighted by atomic mass is 79.9. The Morgan fingerprint density at radius 2 is 1.95 bits per heavy atom. The Labute approximate surface area is 143 Å². The van der Waals surface area contributed by atoms with Crippen LogP contribution in [0.1, 0.15) is 17.5 Å². The van der Waals surface area contributed by atoms with Gasteiger partial charge in [0.05, 0.1) is 6.42 Å². The summed E-state index contributed by atoms with van der Waals surface area (Å²) in [5, 5.41) is 10.6. The highest BCUT2D eigenvalue weighted by Gasteiger charge is 2.12. The predicted octanol–water partition coefficient (Wildman–Crippen LogP) is 2.94. The van der Waals surface area contributed by atoms with Crippen LogP contribution in [0.3, 0.4) is 0 Å². The molecular formula is C15H22Br2N2O2. The van der Waals surface area contributed by atoms with Crippen LogP contribution in [0.4, 0.5) is 5.69 Å². The minimum atomic E-state index is -0.850. The fourth-order valence-electron chi connectivity index (χ4n) is 2.23. The number of rotatable bonds is 9. The maximum atomic E-state index is 10.7. The molecule has 0 spiro atoms. The van der Waals surface area contributed by atoms with Crippen LogP contribution in [0.25, 0.3) is 0 Å². The van der Waals surface area contributed by atoms with Gasteiger partial charge in [0.25, 0.3) is 0 Å². The van der Waals surface area contributed by atoms with Gasteiger partial charge in [0.15, 0.2) is 0 Å². The van der Waals surface area contributed by atoms with Crippen LogP contribution in [0, 0.1) is 6.92 Å². The molecule has 0 bridgehead atoms. The summed E-state index contributed by atoms with van der Waals surface area (Å²) < 4.78 is 0. The SMILES string of the molecule is Cc1ccc(N(CCBr)CCBr)cc1C[C@H](N)CC(=O)O. The molecule has 1 aromatic rings. The van der Waals surface area contributed by atoms with Gasteiger partial charge in [-0.05, 0) is 36.6 Å². The fraction of sp³-hybridized carbons (Fsp3) is 0.533. The molecule has 0 saturated heterocycles. The van der Waals surface area contributed by atoms with Gasteiger partial charge in [-0.15, -0.1) is 0 Å². The van der Waals surface area contributed by atoms with E-state index < -0.39 is 5.97 Å². The minimum Gasteiger partial charge on any atom is -0.481 e. The molecule has 0 saturated carbocycles. The molecule has 0 aliphatic carbocycles. The van der Waals surface area contributed by atoms with E-state index in [9.17, 15) is 4.79 Å². The molecule has 0 unspecified atom stereocenters. The normalized spacial score (nSPS) is 12.2. The molecule has 0 aliphatic heterocycles. The molecule has 0 radical (unpaired) electrons. The van der Waals surface area contributed by atoms with Gasteiger partial charge in [0.2, 0.25) is 0 Å². The molecule has 6 heteroatoms. The van der Waals surface area contributed by atoms with E-state index in [2.05, 4.69) is 55.0 Å². The first kappa shape index (κ1) is 18.5. The second-order valence-corrected chi connectivity index (χ2v) is 6.62. The Morgan fingerprint density at radius 3 is 2.48 bits per heavy atom.